The third-order valence-electron chi connectivity index (χ3n) is 3.93. The van der Waals surface area contributed by atoms with E-state index in [0.717, 1.165) is 12.1 Å². The summed E-state index contributed by atoms with van der Waals surface area (Å²) in [6, 6.07) is 8.32. The Labute approximate surface area is 154 Å². The molecule has 6 nitrogen and oxygen atoms in total. The normalized spacial score (nSPS) is 16.0. The topological polar surface area (TPSA) is 68.7 Å². The second-order valence-corrected chi connectivity index (χ2v) is 7.73. The van der Waals surface area contributed by atoms with Crippen LogP contribution in [0.2, 0.25) is 0 Å². The molecule has 0 saturated carbocycles. The molecule has 2 aromatic rings. The zero-order valence-corrected chi connectivity index (χ0v) is 15.1. The average molecular weight is 402 g/mol. The smallest absolute Gasteiger partial charge is 0.417 e. The molecule has 1 aliphatic heterocycles. The van der Waals surface area contributed by atoms with Gasteiger partial charge in [-0.2, -0.15) is 17.5 Å². The van der Waals surface area contributed by atoms with E-state index in [9.17, 15) is 21.6 Å². The molecule has 0 bridgehead atoms. The zero-order valence-electron chi connectivity index (χ0n) is 14.3. The van der Waals surface area contributed by atoms with Crippen LogP contribution in [0, 0.1) is 0 Å². The summed E-state index contributed by atoms with van der Waals surface area (Å²) in [6.07, 6.45) is -4.27. The Morgan fingerprint density at radius 2 is 1.89 bits per heavy atom. The molecule has 0 radical (unpaired) electrons. The van der Waals surface area contributed by atoms with Crippen molar-refractivity contribution >= 4 is 10.0 Å². The summed E-state index contributed by atoms with van der Waals surface area (Å²) in [5, 5.41) is 0. The van der Waals surface area contributed by atoms with Crippen molar-refractivity contribution in [1.82, 2.24) is 9.29 Å². The summed E-state index contributed by atoms with van der Waals surface area (Å²) in [4.78, 5) is 3.69. The fraction of sp³-hybridized carbons (Fsp3) is 0.353. The van der Waals surface area contributed by atoms with Crippen molar-refractivity contribution in [3.05, 3.63) is 48.2 Å². The van der Waals surface area contributed by atoms with Crippen LogP contribution in [-0.2, 0) is 16.2 Å². The first-order valence-corrected chi connectivity index (χ1v) is 9.57. The summed E-state index contributed by atoms with van der Waals surface area (Å²) < 4.78 is 75.0. The lowest BCUT2D eigenvalue weighted by Gasteiger charge is -2.37. The quantitative estimate of drug-likeness (QED) is 0.743. The summed E-state index contributed by atoms with van der Waals surface area (Å²) in [7, 11) is -3.75. The molecule has 27 heavy (non-hydrogen) atoms. The number of hydrogen-bond acceptors (Lipinski definition) is 5. The molecule has 1 saturated heterocycles. The monoisotopic (exact) mass is 402 g/mol. The van der Waals surface area contributed by atoms with Crippen LogP contribution in [0.4, 0.5) is 13.2 Å². The number of nitrogens with zero attached hydrogens (tertiary/aromatic N) is 2. The van der Waals surface area contributed by atoms with Crippen LogP contribution in [-0.4, -0.2) is 43.5 Å². The second kappa shape index (κ2) is 7.35. The lowest BCUT2D eigenvalue weighted by molar-refractivity contribution is -0.137. The number of sulfonamides is 1. The molecule has 1 aromatic heterocycles. The highest BCUT2D eigenvalue weighted by Gasteiger charge is 2.39. The number of ether oxygens (including phenoxy) is 2. The Bertz CT molecular complexity index is 895. The van der Waals surface area contributed by atoms with Gasteiger partial charge < -0.3 is 9.47 Å². The third kappa shape index (κ3) is 4.16. The molecule has 1 fully saturated rings. The highest BCUT2D eigenvalue weighted by atomic mass is 32.2. The lowest BCUT2D eigenvalue weighted by atomic mass is 10.2. The summed E-state index contributed by atoms with van der Waals surface area (Å²) >= 11 is 0. The van der Waals surface area contributed by atoms with Gasteiger partial charge in [-0.05, 0) is 25.1 Å². The molecular formula is C17H17F3N2O4S. The molecule has 146 valence electrons. The molecular weight excluding hydrogens is 385 g/mol. The van der Waals surface area contributed by atoms with E-state index in [1.807, 2.05) is 0 Å². The fourth-order valence-corrected chi connectivity index (χ4v) is 4.17. The Balaban J connectivity index is 1.64. The maximum absolute atomic E-state index is 12.7. The van der Waals surface area contributed by atoms with E-state index in [1.54, 1.807) is 25.1 Å². The lowest BCUT2D eigenvalue weighted by Crippen LogP contribution is -2.56. The minimum Gasteiger partial charge on any atom is -0.492 e. The van der Waals surface area contributed by atoms with Crippen molar-refractivity contribution in [2.24, 2.45) is 0 Å². The van der Waals surface area contributed by atoms with E-state index >= 15 is 0 Å². The number of aromatic nitrogens is 1. The number of para-hydroxylation sites is 1. The van der Waals surface area contributed by atoms with Gasteiger partial charge in [-0.25, -0.2) is 13.4 Å². The number of halogens is 3. The number of pyridine rings is 1. The van der Waals surface area contributed by atoms with Crippen molar-refractivity contribution < 1.29 is 31.1 Å². The van der Waals surface area contributed by atoms with E-state index in [-0.39, 0.29) is 29.6 Å². The maximum Gasteiger partial charge on any atom is 0.417 e. The Kier molecular flexibility index (Phi) is 5.29. The molecule has 2 heterocycles. The zero-order chi connectivity index (χ0) is 19.7. The molecule has 0 N–H and O–H groups in total. The minimum atomic E-state index is -4.47. The average Bonchev–Trinajstić information content (AvgIpc) is 2.58. The Morgan fingerprint density at radius 3 is 2.48 bits per heavy atom. The van der Waals surface area contributed by atoms with Gasteiger partial charge in [0.15, 0.2) is 0 Å². The van der Waals surface area contributed by atoms with Crippen LogP contribution in [0.1, 0.15) is 12.5 Å². The van der Waals surface area contributed by atoms with Crippen molar-refractivity contribution in [3.8, 4) is 11.6 Å². The largest absolute Gasteiger partial charge is 0.492 e. The van der Waals surface area contributed by atoms with Gasteiger partial charge in [-0.15, -0.1) is 0 Å². The third-order valence-corrected chi connectivity index (χ3v) is 5.80. The standard InChI is InChI=1S/C17H17F3N2O4S/c1-2-25-14-5-3-4-6-15(14)27(23,24)22-10-13(11-22)26-16-8-7-12(9-21-16)17(18,19)20/h3-9,13H,2,10-11H2,1H3. The fourth-order valence-electron chi connectivity index (χ4n) is 2.54. The van der Waals surface area contributed by atoms with E-state index < -0.39 is 27.9 Å². The molecule has 1 aliphatic rings. The van der Waals surface area contributed by atoms with Gasteiger partial charge in [0.1, 0.15) is 16.7 Å². The van der Waals surface area contributed by atoms with Crippen LogP contribution < -0.4 is 9.47 Å². The van der Waals surface area contributed by atoms with Gasteiger partial charge in [-0.1, -0.05) is 12.1 Å². The first-order valence-electron chi connectivity index (χ1n) is 8.13. The Morgan fingerprint density at radius 1 is 1.19 bits per heavy atom. The molecule has 0 amide bonds. The van der Waals surface area contributed by atoms with Crippen molar-refractivity contribution in [1.29, 1.82) is 0 Å². The Hall–Kier alpha value is -2.33. The van der Waals surface area contributed by atoms with Gasteiger partial charge in [0.2, 0.25) is 15.9 Å². The number of alkyl halides is 3. The van der Waals surface area contributed by atoms with E-state index in [1.165, 1.54) is 10.4 Å². The number of benzene rings is 1. The highest BCUT2D eigenvalue weighted by molar-refractivity contribution is 7.89. The van der Waals surface area contributed by atoms with Gasteiger partial charge in [-0.3, -0.25) is 0 Å². The molecule has 0 unspecified atom stereocenters. The van der Waals surface area contributed by atoms with Crippen molar-refractivity contribution in [3.63, 3.8) is 0 Å². The van der Waals surface area contributed by atoms with Crippen LogP contribution in [0.5, 0.6) is 11.6 Å². The van der Waals surface area contributed by atoms with Crippen LogP contribution in [0.25, 0.3) is 0 Å². The van der Waals surface area contributed by atoms with Gasteiger partial charge in [0, 0.05) is 12.3 Å². The van der Waals surface area contributed by atoms with E-state index in [2.05, 4.69) is 4.98 Å². The van der Waals surface area contributed by atoms with Gasteiger partial charge in [0.25, 0.3) is 0 Å². The SMILES string of the molecule is CCOc1ccccc1S(=O)(=O)N1CC(Oc2ccc(C(F)(F)F)cn2)C1. The van der Waals surface area contributed by atoms with Crippen LogP contribution in [0.15, 0.2) is 47.5 Å². The first-order chi connectivity index (χ1) is 12.7. The van der Waals surface area contributed by atoms with Gasteiger partial charge >= 0.3 is 6.18 Å². The van der Waals surface area contributed by atoms with E-state index in [0.29, 0.717) is 12.8 Å². The minimum absolute atomic E-state index is 0.0137. The predicted molar refractivity (Wildman–Crippen MR) is 90.0 cm³/mol. The van der Waals surface area contributed by atoms with Gasteiger partial charge in [0.05, 0.1) is 25.3 Å². The molecule has 3 rings (SSSR count). The molecule has 10 heteroatoms. The molecule has 0 aliphatic carbocycles. The van der Waals surface area contributed by atoms with Crippen LogP contribution in [0.3, 0.4) is 0 Å². The highest BCUT2D eigenvalue weighted by Crippen LogP contribution is 2.31. The van der Waals surface area contributed by atoms with Crippen molar-refractivity contribution in [2.45, 2.75) is 24.1 Å². The van der Waals surface area contributed by atoms with E-state index in [4.69, 9.17) is 9.47 Å². The molecule has 0 atom stereocenters. The second-order valence-electron chi connectivity index (χ2n) is 5.82. The van der Waals surface area contributed by atoms with Crippen molar-refractivity contribution in [2.75, 3.05) is 19.7 Å². The number of rotatable bonds is 6. The molecule has 1 aromatic carbocycles. The van der Waals surface area contributed by atoms with Crippen LogP contribution >= 0.6 is 0 Å². The summed E-state index contributed by atoms with van der Waals surface area (Å²) in [5.74, 6) is 0.286. The summed E-state index contributed by atoms with van der Waals surface area (Å²) in [5.41, 5.74) is -0.875. The number of hydrogen-bond donors (Lipinski definition) is 0. The first kappa shape index (κ1) is 19.4. The maximum atomic E-state index is 12.7. The predicted octanol–water partition coefficient (Wildman–Crippen LogP) is 2.95. The molecule has 0 spiro atoms. The summed E-state index contributed by atoms with van der Waals surface area (Å²) in [6.45, 7) is 2.24.